The monoisotopic (exact) mass is 375 g/mol. The highest BCUT2D eigenvalue weighted by atomic mass is 16.6. The van der Waals surface area contributed by atoms with Crippen molar-refractivity contribution in [2.75, 3.05) is 13.7 Å². The zero-order valence-corrected chi connectivity index (χ0v) is 16.5. The fourth-order valence-electron chi connectivity index (χ4n) is 2.95. The highest BCUT2D eigenvalue weighted by Crippen LogP contribution is 2.25. The van der Waals surface area contributed by atoms with Crippen molar-refractivity contribution in [1.29, 1.82) is 0 Å². The molecule has 148 valence electrons. The molecule has 1 aliphatic heterocycles. The average Bonchev–Trinajstić information content (AvgIpc) is 2.63. The molecule has 0 aromatic heterocycles. The molecular formula is C21H29NO5. The van der Waals surface area contributed by atoms with Gasteiger partial charge in [0.15, 0.2) is 0 Å². The van der Waals surface area contributed by atoms with Crippen LogP contribution in [-0.4, -0.2) is 48.4 Å². The van der Waals surface area contributed by atoms with Crippen molar-refractivity contribution in [3.63, 3.8) is 0 Å². The smallest absolute Gasteiger partial charge is 0.410 e. The molecule has 0 N–H and O–H groups in total. The fourth-order valence-corrected chi connectivity index (χ4v) is 2.95. The number of carbonyl (C=O) groups is 2. The molecule has 1 amide bonds. The van der Waals surface area contributed by atoms with E-state index in [0.717, 1.165) is 18.4 Å². The molecule has 0 aliphatic carbocycles. The van der Waals surface area contributed by atoms with Crippen molar-refractivity contribution in [3.8, 4) is 0 Å². The molecular weight excluding hydrogens is 346 g/mol. The number of hydrogen-bond donors (Lipinski definition) is 0. The van der Waals surface area contributed by atoms with E-state index in [1.165, 1.54) is 13.2 Å². The van der Waals surface area contributed by atoms with Gasteiger partial charge in [0.25, 0.3) is 0 Å². The average molecular weight is 375 g/mol. The van der Waals surface area contributed by atoms with Crippen molar-refractivity contribution in [2.45, 2.75) is 58.0 Å². The number of hydrogen-bond acceptors (Lipinski definition) is 5. The zero-order valence-electron chi connectivity index (χ0n) is 16.5. The summed E-state index contributed by atoms with van der Waals surface area (Å²) in [5.41, 5.74) is 0.466. The van der Waals surface area contributed by atoms with Crippen LogP contribution in [0.1, 0.15) is 39.2 Å². The van der Waals surface area contributed by atoms with Crippen LogP contribution in [0.5, 0.6) is 0 Å². The summed E-state index contributed by atoms with van der Waals surface area (Å²) < 4.78 is 16.3. The number of benzene rings is 1. The first-order chi connectivity index (χ1) is 12.8. The number of ether oxygens (including phenoxy) is 3. The van der Waals surface area contributed by atoms with E-state index in [2.05, 4.69) is 4.74 Å². The normalized spacial score (nSPS) is 20.5. The van der Waals surface area contributed by atoms with Gasteiger partial charge in [-0.2, -0.15) is 0 Å². The number of piperidine rings is 1. The Morgan fingerprint density at radius 3 is 2.56 bits per heavy atom. The summed E-state index contributed by atoms with van der Waals surface area (Å²) in [6.45, 7) is 6.49. The number of nitrogens with zero attached hydrogens (tertiary/aromatic N) is 1. The summed E-state index contributed by atoms with van der Waals surface area (Å²) in [5.74, 6) is -0.466. The summed E-state index contributed by atoms with van der Waals surface area (Å²) >= 11 is 0. The minimum atomic E-state index is -0.592. The third-order valence-corrected chi connectivity index (χ3v) is 4.19. The number of methoxy groups -OCH3 is 1. The minimum Gasteiger partial charge on any atom is -0.466 e. The second kappa shape index (κ2) is 9.55. The molecule has 6 nitrogen and oxygen atoms in total. The van der Waals surface area contributed by atoms with E-state index in [9.17, 15) is 9.59 Å². The highest BCUT2D eigenvalue weighted by Gasteiger charge is 2.36. The first-order valence-electron chi connectivity index (χ1n) is 9.21. The van der Waals surface area contributed by atoms with Crippen molar-refractivity contribution in [2.24, 2.45) is 0 Å². The van der Waals surface area contributed by atoms with Crippen LogP contribution in [0.2, 0.25) is 0 Å². The Morgan fingerprint density at radius 2 is 1.93 bits per heavy atom. The number of esters is 1. The lowest BCUT2D eigenvalue weighted by atomic mass is 9.98. The molecule has 2 atom stereocenters. The quantitative estimate of drug-likeness (QED) is 0.580. The Bertz CT molecular complexity index is 650. The van der Waals surface area contributed by atoms with Crippen LogP contribution in [0.3, 0.4) is 0 Å². The van der Waals surface area contributed by atoms with Gasteiger partial charge in [0.05, 0.1) is 25.9 Å². The predicted molar refractivity (Wildman–Crippen MR) is 102 cm³/mol. The van der Waals surface area contributed by atoms with E-state index in [4.69, 9.17) is 9.47 Å². The molecule has 1 heterocycles. The van der Waals surface area contributed by atoms with E-state index in [-0.39, 0.29) is 6.10 Å². The SMILES string of the molecule is COC(=O)/C=C\[C@H]1[C@H](OCc2ccccc2)CCCN1C(=O)OC(C)(C)C. The van der Waals surface area contributed by atoms with Gasteiger partial charge in [-0.05, 0) is 39.2 Å². The lowest BCUT2D eigenvalue weighted by molar-refractivity contribution is -0.134. The maximum Gasteiger partial charge on any atom is 0.410 e. The maximum atomic E-state index is 12.7. The molecule has 6 heteroatoms. The van der Waals surface area contributed by atoms with E-state index in [1.807, 2.05) is 51.1 Å². The van der Waals surface area contributed by atoms with Crippen LogP contribution < -0.4 is 0 Å². The summed E-state index contributed by atoms with van der Waals surface area (Å²) in [6.07, 6.45) is 3.97. The Labute approximate surface area is 161 Å². The van der Waals surface area contributed by atoms with E-state index >= 15 is 0 Å². The lowest BCUT2D eigenvalue weighted by Crippen LogP contribution is -2.52. The van der Waals surface area contributed by atoms with Gasteiger partial charge in [0, 0.05) is 12.6 Å². The van der Waals surface area contributed by atoms with Crippen LogP contribution in [0.15, 0.2) is 42.5 Å². The molecule has 0 unspecified atom stereocenters. The van der Waals surface area contributed by atoms with Gasteiger partial charge in [-0.3, -0.25) is 4.90 Å². The lowest BCUT2D eigenvalue weighted by Gasteiger charge is -2.40. The first-order valence-corrected chi connectivity index (χ1v) is 9.21. The van der Waals surface area contributed by atoms with Gasteiger partial charge in [0.2, 0.25) is 0 Å². The Hall–Kier alpha value is -2.34. The predicted octanol–water partition coefficient (Wildman–Crippen LogP) is 3.70. The van der Waals surface area contributed by atoms with Gasteiger partial charge in [-0.1, -0.05) is 36.4 Å². The topological polar surface area (TPSA) is 65.1 Å². The van der Waals surface area contributed by atoms with E-state index < -0.39 is 23.7 Å². The first kappa shape index (κ1) is 21.0. The Morgan fingerprint density at radius 1 is 1.22 bits per heavy atom. The van der Waals surface area contributed by atoms with E-state index in [0.29, 0.717) is 13.2 Å². The molecule has 0 spiro atoms. The van der Waals surface area contributed by atoms with Gasteiger partial charge in [0.1, 0.15) is 5.60 Å². The van der Waals surface area contributed by atoms with Crippen molar-refractivity contribution in [3.05, 3.63) is 48.0 Å². The molecule has 27 heavy (non-hydrogen) atoms. The largest absolute Gasteiger partial charge is 0.466 e. The molecule has 1 aromatic carbocycles. The molecule has 1 aliphatic rings. The number of likely N-dealkylation sites (tertiary alicyclic amines) is 1. The van der Waals surface area contributed by atoms with Crippen LogP contribution in [0.25, 0.3) is 0 Å². The van der Waals surface area contributed by atoms with Crippen LogP contribution in [0, 0.1) is 0 Å². The van der Waals surface area contributed by atoms with Crippen molar-refractivity contribution < 1.29 is 23.8 Å². The van der Waals surface area contributed by atoms with Crippen LogP contribution >= 0.6 is 0 Å². The number of amides is 1. The van der Waals surface area contributed by atoms with Crippen LogP contribution in [0.4, 0.5) is 4.79 Å². The Balaban J connectivity index is 2.15. The molecule has 2 rings (SSSR count). The van der Waals surface area contributed by atoms with Gasteiger partial charge >= 0.3 is 12.1 Å². The zero-order chi connectivity index (χ0) is 19.9. The van der Waals surface area contributed by atoms with Crippen molar-refractivity contribution >= 4 is 12.1 Å². The minimum absolute atomic E-state index is 0.229. The second-order valence-electron chi connectivity index (χ2n) is 7.52. The molecule has 1 saturated heterocycles. The highest BCUT2D eigenvalue weighted by molar-refractivity contribution is 5.82. The molecule has 0 saturated carbocycles. The van der Waals surface area contributed by atoms with Gasteiger partial charge in [-0.15, -0.1) is 0 Å². The van der Waals surface area contributed by atoms with Crippen LogP contribution in [-0.2, 0) is 25.6 Å². The Kier molecular flexibility index (Phi) is 7.42. The fraction of sp³-hybridized carbons (Fsp3) is 0.524. The van der Waals surface area contributed by atoms with Gasteiger partial charge in [-0.25, -0.2) is 9.59 Å². The van der Waals surface area contributed by atoms with Crippen molar-refractivity contribution in [1.82, 2.24) is 4.90 Å². The summed E-state index contributed by atoms with van der Waals surface area (Å²) in [7, 11) is 1.32. The molecule has 0 radical (unpaired) electrons. The maximum absolute atomic E-state index is 12.7. The summed E-state index contributed by atoms with van der Waals surface area (Å²) in [5, 5.41) is 0. The number of carbonyl (C=O) groups excluding carboxylic acids is 2. The third kappa shape index (κ3) is 6.71. The molecule has 1 aromatic rings. The van der Waals surface area contributed by atoms with E-state index in [1.54, 1.807) is 11.0 Å². The van der Waals surface area contributed by atoms with Gasteiger partial charge < -0.3 is 14.2 Å². The summed E-state index contributed by atoms with van der Waals surface area (Å²) in [6, 6.07) is 9.47. The molecule has 0 bridgehead atoms. The summed E-state index contributed by atoms with van der Waals surface area (Å²) in [4.78, 5) is 25.8. The molecule has 1 fully saturated rings. The second-order valence-corrected chi connectivity index (χ2v) is 7.52. The third-order valence-electron chi connectivity index (χ3n) is 4.19. The number of rotatable bonds is 5. The standard InChI is InChI=1S/C21H29NO5/c1-21(2,3)27-20(24)22-14-8-11-18(17(22)12-13-19(23)25-4)26-15-16-9-6-5-7-10-16/h5-7,9-10,12-13,17-18H,8,11,14-15H2,1-4H3/b13-12-/t17-,18+/m0/s1.